The van der Waals surface area contributed by atoms with Crippen LogP contribution in [0.25, 0.3) is 32.9 Å². The van der Waals surface area contributed by atoms with Crippen molar-refractivity contribution in [3.8, 4) is 11.4 Å². The van der Waals surface area contributed by atoms with Crippen molar-refractivity contribution < 1.29 is 9.37 Å². The average Bonchev–Trinajstić information content (AvgIpc) is 3.64. The van der Waals surface area contributed by atoms with Gasteiger partial charge in [0.1, 0.15) is 7.05 Å². The highest BCUT2D eigenvalue weighted by molar-refractivity contribution is 6.07. The molecule has 9 rings (SSSR count). The number of nitrogens with one attached hydrogen (secondary N) is 1. The molecule has 8 heteroatoms. The number of allylic oxidation sites excluding steroid dienone is 8. The van der Waals surface area contributed by atoms with Crippen molar-refractivity contribution in [1.82, 2.24) is 25.7 Å². The van der Waals surface area contributed by atoms with Crippen LogP contribution in [0.1, 0.15) is 95.2 Å². The third-order valence-electron chi connectivity index (χ3n) is 13.4. The number of hydrogen-bond acceptors (Lipinski definition) is 6. The SMILES string of the molecule is Cc1nnc(-c2ccc(CNC(=O)CCCCCN3C(=CC=C4C=C(C=CC5=[N+](C)c6ccc7ccccc7c6C5(C)C)CCC4)C(C)(C)c4c3ccc3ccccc43)cc2)nn1. The highest BCUT2D eigenvalue weighted by Crippen LogP contribution is 2.51. The summed E-state index contributed by atoms with van der Waals surface area (Å²) in [6.45, 7) is 12.6. The van der Waals surface area contributed by atoms with E-state index >= 15 is 0 Å². The molecular weight excluding hydrogens is 775 g/mol. The molecule has 63 heavy (non-hydrogen) atoms. The smallest absolute Gasteiger partial charge is 0.220 e. The standard InChI is InChI=1S/C55H57N7O/c1-37-57-59-53(60-58-37)43-26-22-40(23-27-43)36-56-50(63)21-8-7-13-34-62-47-31-29-42-18-10-12-20-45(42)52(47)55(4,5)49(62)33-25-39-16-14-15-38(35-39)24-32-48-54(2,3)51-44-19-11-9-17-41(44)28-30-46(51)61(48)6/h9-12,17-20,22-33,35H,7-8,13-16,21,34,36H2,1-6H3/p+1. The Kier molecular flexibility index (Phi) is 11.5. The third-order valence-corrected chi connectivity index (χ3v) is 13.4. The number of unbranched alkanes of at least 4 members (excludes halogenated alkanes) is 2. The van der Waals surface area contributed by atoms with Crippen LogP contribution in [0.5, 0.6) is 0 Å². The number of carbonyl (C=O) groups is 1. The van der Waals surface area contributed by atoms with Crippen molar-refractivity contribution in [3.63, 3.8) is 0 Å². The van der Waals surface area contributed by atoms with Crippen molar-refractivity contribution in [1.29, 1.82) is 0 Å². The molecule has 3 aliphatic rings. The molecular formula is C55H58N7O+. The number of anilines is 1. The van der Waals surface area contributed by atoms with E-state index in [0.717, 1.165) is 56.2 Å². The third kappa shape index (κ3) is 8.27. The van der Waals surface area contributed by atoms with Crippen LogP contribution in [0.3, 0.4) is 0 Å². The minimum atomic E-state index is -0.179. The Labute approximate surface area is 371 Å². The van der Waals surface area contributed by atoms with Crippen LogP contribution in [0, 0.1) is 6.92 Å². The van der Waals surface area contributed by atoms with E-state index in [1.54, 1.807) is 6.92 Å². The summed E-state index contributed by atoms with van der Waals surface area (Å²) < 4.78 is 2.39. The van der Waals surface area contributed by atoms with E-state index in [2.05, 4.69) is 173 Å². The van der Waals surface area contributed by atoms with Crippen molar-refractivity contribution in [2.24, 2.45) is 0 Å². The second-order valence-corrected chi connectivity index (χ2v) is 18.5. The van der Waals surface area contributed by atoms with Crippen molar-refractivity contribution >= 4 is 44.5 Å². The number of amides is 1. The summed E-state index contributed by atoms with van der Waals surface area (Å²) >= 11 is 0. The minimum absolute atomic E-state index is 0.0757. The highest BCUT2D eigenvalue weighted by atomic mass is 16.1. The summed E-state index contributed by atoms with van der Waals surface area (Å²) in [7, 11) is 2.21. The van der Waals surface area contributed by atoms with E-state index in [1.807, 2.05) is 24.3 Å². The van der Waals surface area contributed by atoms with Crippen LogP contribution in [0.15, 0.2) is 144 Å². The number of aryl methyl sites for hydroxylation is 1. The molecule has 0 fully saturated rings. The van der Waals surface area contributed by atoms with E-state index in [-0.39, 0.29) is 16.7 Å². The predicted molar refractivity (Wildman–Crippen MR) is 257 cm³/mol. The van der Waals surface area contributed by atoms with E-state index < -0.39 is 0 Å². The molecule has 318 valence electrons. The lowest BCUT2D eigenvalue weighted by molar-refractivity contribution is -0.401. The van der Waals surface area contributed by atoms with Gasteiger partial charge in [0.2, 0.25) is 17.4 Å². The normalized spacial score (nSPS) is 17.9. The molecule has 1 N–H and O–H groups in total. The Morgan fingerprint density at radius 1 is 0.746 bits per heavy atom. The van der Waals surface area contributed by atoms with Crippen LogP contribution in [-0.4, -0.2) is 50.2 Å². The van der Waals surface area contributed by atoms with Gasteiger partial charge in [0.15, 0.2) is 11.5 Å². The van der Waals surface area contributed by atoms with E-state index in [1.165, 1.54) is 66.6 Å². The maximum absolute atomic E-state index is 12.9. The quantitative estimate of drug-likeness (QED) is 0.0976. The van der Waals surface area contributed by atoms with Crippen LogP contribution >= 0.6 is 0 Å². The molecule has 1 amide bonds. The van der Waals surface area contributed by atoms with Gasteiger partial charge in [0, 0.05) is 59.6 Å². The highest BCUT2D eigenvalue weighted by Gasteiger charge is 2.44. The van der Waals surface area contributed by atoms with E-state index in [9.17, 15) is 4.79 Å². The molecule has 3 heterocycles. The second-order valence-electron chi connectivity index (χ2n) is 18.5. The van der Waals surface area contributed by atoms with Gasteiger partial charge in [0.25, 0.3) is 0 Å². The van der Waals surface area contributed by atoms with Crippen LogP contribution in [0.2, 0.25) is 0 Å². The van der Waals surface area contributed by atoms with Gasteiger partial charge >= 0.3 is 0 Å². The van der Waals surface area contributed by atoms with Crippen molar-refractivity contribution in [2.75, 3.05) is 18.5 Å². The maximum atomic E-state index is 12.9. The Morgan fingerprint density at radius 2 is 1.44 bits per heavy atom. The number of rotatable bonds is 12. The minimum Gasteiger partial charge on any atom is -0.352 e. The van der Waals surface area contributed by atoms with Gasteiger partial charge in [-0.3, -0.25) is 4.79 Å². The molecule has 5 aromatic carbocycles. The summed E-state index contributed by atoms with van der Waals surface area (Å²) in [5, 5.41) is 24.6. The van der Waals surface area contributed by atoms with Gasteiger partial charge in [-0.25, -0.2) is 0 Å². The number of benzene rings is 5. The summed E-state index contributed by atoms with van der Waals surface area (Å²) in [4.78, 5) is 15.4. The van der Waals surface area contributed by atoms with Gasteiger partial charge in [-0.1, -0.05) is 117 Å². The first-order valence-corrected chi connectivity index (χ1v) is 22.6. The molecule has 0 radical (unpaired) electrons. The van der Waals surface area contributed by atoms with E-state index in [4.69, 9.17) is 0 Å². The largest absolute Gasteiger partial charge is 0.352 e. The van der Waals surface area contributed by atoms with Crippen molar-refractivity contribution in [3.05, 3.63) is 167 Å². The predicted octanol–water partition coefficient (Wildman–Crippen LogP) is 11.7. The Morgan fingerprint density at radius 3 is 2.19 bits per heavy atom. The molecule has 0 unspecified atom stereocenters. The van der Waals surface area contributed by atoms with E-state index in [0.29, 0.717) is 24.6 Å². The molecule has 2 aliphatic heterocycles. The first kappa shape index (κ1) is 41.8. The zero-order valence-corrected chi connectivity index (χ0v) is 37.6. The fraction of sp³-hybridized carbons (Fsp3) is 0.309. The van der Waals surface area contributed by atoms with Crippen LogP contribution in [0.4, 0.5) is 11.4 Å². The Bertz CT molecular complexity index is 2880. The zero-order valence-electron chi connectivity index (χ0n) is 37.6. The van der Waals surface area contributed by atoms with Crippen molar-refractivity contribution in [2.45, 2.75) is 96.9 Å². The Balaban J connectivity index is 0.877. The summed E-state index contributed by atoms with van der Waals surface area (Å²) in [6, 6.07) is 34.5. The van der Waals surface area contributed by atoms with Gasteiger partial charge in [-0.05, 0) is 115 Å². The Hall–Kier alpha value is -6.54. The van der Waals surface area contributed by atoms with Crippen LogP contribution in [-0.2, 0) is 22.2 Å². The molecule has 6 aromatic rings. The molecule has 1 aromatic heterocycles. The number of hydrogen-bond donors (Lipinski definition) is 1. The number of fused-ring (bicyclic) bond motifs is 6. The van der Waals surface area contributed by atoms with Gasteiger partial charge in [0.05, 0.1) is 5.41 Å². The fourth-order valence-electron chi connectivity index (χ4n) is 10.2. The van der Waals surface area contributed by atoms with Crippen LogP contribution < -0.4 is 10.2 Å². The molecule has 0 spiro atoms. The zero-order chi connectivity index (χ0) is 43.7. The molecule has 8 nitrogen and oxygen atoms in total. The van der Waals surface area contributed by atoms with Gasteiger partial charge in [-0.2, -0.15) is 4.58 Å². The lowest BCUT2D eigenvalue weighted by Gasteiger charge is -2.27. The first-order valence-electron chi connectivity index (χ1n) is 22.6. The average molecular weight is 833 g/mol. The topological polar surface area (TPSA) is 86.9 Å². The molecule has 1 aliphatic carbocycles. The maximum Gasteiger partial charge on any atom is 0.220 e. The lowest BCUT2D eigenvalue weighted by Crippen LogP contribution is -2.27. The summed E-state index contributed by atoms with van der Waals surface area (Å²) in [5.41, 5.74) is 12.4. The molecule has 0 saturated carbocycles. The number of nitrogens with zero attached hydrogens (tertiary/aromatic N) is 6. The lowest BCUT2D eigenvalue weighted by atomic mass is 9.79. The molecule has 0 atom stereocenters. The summed E-state index contributed by atoms with van der Waals surface area (Å²) in [6.07, 6.45) is 18.6. The second kappa shape index (κ2) is 17.3. The summed E-state index contributed by atoms with van der Waals surface area (Å²) in [5.74, 6) is 1.10. The van der Waals surface area contributed by atoms with Gasteiger partial charge < -0.3 is 10.2 Å². The fourth-order valence-corrected chi connectivity index (χ4v) is 10.2. The molecule has 0 bridgehead atoms. The van der Waals surface area contributed by atoms with Gasteiger partial charge in [-0.15, -0.1) is 20.4 Å². The molecule has 0 saturated heterocycles. The first-order chi connectivity index (χ1) is 30.5. The number of carbonyl (C=O) groups excluding carboxylic acids is 1. The number of aromatic nitrogens is 4. The monoisotopic (exact) mass is 832 g/mol.